The van der Waals surface area contributed by atoms with Gasteiger partial charge in [0.15, 0.2) is 11.6 Å². The van der Waals surface area contributed by atoms with Gasteiger partial charge in [-0.25, -0.2) is 24.0 Å². The van der Waals surface area contributed by atoms with Crippen LogP contribution in [-0.4, -0.2) is 17.6 Å². The lowest BCUT2D eigenvalue weighted by Crippen LogP contribution is -2.37. The van der Waals surface area contributed by atoms with Crippen LogP contribution in [0.15, 0.2) is 54.7 Å². The number of urea groups is 1. The van der Waals surface area contributed by atoms with Crippen molar-refractivity contribution in [1.29, 1.82) is 0 Å². The molecule has 0 radical (unpaired) electrons. The lowest BCUT2D eigenvalue weighted by Gasteiger charge is -2.15. The molecule has 1 aliphatic heterocycles. The minimum atomic E-state index is -0.800. The Labute approximate surface area is 131 Å². The molecule has 2 aromatic rings. The van der Waals surface area contributed by atoms with Crippen LogP contribution >= 0.6 is 0 Å². The predicted octanol–water partition coefficient (Wildman–Crippen LogP) is 3.62. The van der Waals surface area contributed by atoms with E-state index >= 15 is 0 Å². The summed E-state index contributed by atoms with van der Waals surface area (Å²) in [7, 11) is 0. The van der Waals surface area contributed by atoms with E-state index in [1.54, 1.807) is 36.5 Å². The van der Waals surface area contributed by atoms with Gasteiger partial charge in [0, 0.05) is 30.6 Å². The molecule has 0 bridgehead atoms. The van der Waals surface area contributed by atoms with Crippen molar-refractivity contribution in [3.8, 4) is 11.5 Å². The summed E-state index contributed by atoms with van der Waals surface area (Å²) >= 11 is 0. The van der Waals surface area contributed by atoms with E-state index in [0.717, 1.165) is 12.1 Å². The number of amides is 2. The van der Waals surface area contributed by atoms with Crippen LogP contribution in [0.2, 0.25) is 0 Å². The van der Waals surface area contributed by atoms with Crippen LogP contribution in [0.5, 0.6) is 11.5 Å². The summed E-state index contributed by atoms with van der Waals surface area (Å²) in [4.78, 5) is 11.9. The van der Waals surface area contributed by atoms with Crippen molar-refractivity contribution in [2.75, 3.05) is 11.9 Å². The maximum absolute atomic E-state index is 13.6. The summed E-state index contributed by atoms with van der Waals surface area (Å²) in [6.07, 6.45) is 3.42. The van der Waals surface area contributed by atoms with Crippen molar-refractivity contribution in [3.63, 3.8) is 0 Å². The van der Waals surface area contributed by atoms with Crippen LogP contribution in [0.4, 0.5) is 19.3 Å². The molecule has 5 nitrogen and oxygen atoms in total. The van der Waals surface area contributed by atoms with E-state index in [1.807, 2.05) is 0 Å². The smallest absolute Gasteiger partial charge is 0.340 e. The van der Waals surface area contributed by atoms with Crippen molar-refractivity contribution in [2.24, 2.45) is 0 Å². The van der Waals surface area contributed by atoms with E-state index in [4.69, 9.17) is 4.74 Å². The summed E-state index contributed by atoms with van der Waals surface area (Å²) in [5.74, 6) is -1.26. The summed E-state index contributed by atoms with van der Waals surface area (Å²) < 4.78 is 31.9. The normalized spacial score (nSPS) is 13.2. The average Bonchev–Trinajstić information content (AvgIpc) is 3.05. The first-order chi connectivity index (χ1) is 11.1. The van der Waals surface area contributed by atoms with Crippen LogP contribution < -0.4 is 15.5 Å². The van der Waals surface area contributed by atoms with Gasteiger partial charge < -0.3 is 10.1 Å². The molecule has 0 saturated heterocycles. The van der Waals surface area contributed by atoms with Crippen molar-refractivity contribution in [2.45, 2.75) is 0 Å². The van der Waals surface area contributed by atoms with E-state index in [9.17, 15) is 13.6 Å². The molecule has 0 unspecified atom stereocenters. The lowest BCUT2D eigenvalue weighted by atomic mass is 10.3. The molecule has 7 heteroatoms. The third-order valence-electron chi connectivity index (χ3n) is 3.06. The fraction of sp³-hybridized carbons (Fsp3) is 0.0625. The minimum absolute atomic E-state index is 0.0981. The second-order valence-electron chi connectivity index (χ2n) is 4.75. The highest BCUT2D eigenvalue weighted by atomic mass is 19.1. The number of nitrogens with one attached hydrogen (secondary N) is 2. The van der Waals surface area contributed by atoms with Crippen LogP contribution in [-0.2, 0) is 0 Å². The van der Waals surface area contributed by atoms with E-state index in [1.165, 1.54) is 11.1 Å². The number of benzene rings is 2. The molecule has 0 aliphatic carbocycles. The number of hydrogen-bond donors (Lipinski definition) is 2. The number of ether oxygens (including phenoxy) is 1. The first kappa shape index (κ1) is 15.0. The fourth-order valence-corrected chi connectivity index (χ4v) is 2.01. The average molecular weight is 317 g/mol. The molecule has 0 spiro atoms. The first-order valence-corrected chi connectivity index (χ1v) is 6.85. The van der Waals surface area contributed by atoms with Gasteiger partial charge in [0.25, 0.3) is 0 Å². The maximum Gasteiger partial charge on any atom is 0.340 e. The number of nitrogens with zero attached hydrogens (tertiary/aromatic N) is 1. The molecular formula is C16H13F2N3O2. The largest absolute Gasteiger partial charge is 0.454 e. The molecule has 0 fully saturated rings. The summed E-state index contributed by atoms with van der Waals surface area (Å²) in [6.45, 7) is 0.584. The van der Waals surface area contributed by atoms with E-state index in [2.05, 4.69) is 10.7 Å². The Morgan fingerprint density at radius 1 is 1.22 bits per heavy atom. The van der Waals surface area contributed by atoms with Gasteiger partial charge in [-0.05, 0) is 24.3 Å². The van der Waals surface area contributed by atoms with Crippen LogP contribution in [0.25, 0.3) is 0 Å². The molecule has 118 valence electrons. The van der Waals surface area contributed by atoms with Gasteiger partial charge in [0.05, 0.1) is 0 Å². The third kappa shape index (κ3) is 3.64. The Hall–Kier alpha value is -2.93. The van der Waals surface area contributed by atoms with E-state index in [-0.39, 0.29) is 11.8 Å². The Balaban J connectivity index is 1.72. The molecule has 2 N–H and O–H groups in total. The van der Waals surface area contributed by atoms with Crippen molar-refractivity contribution in [3.05, 3.63) is 66.4 Å². The van der Waals surface area contributed by atoms with Gasteiger partial charge in [-0.15, -0.1) is 0 Å². The Morgan fingerprint density at radius 2 is 2.09 bits per heavy atom. The Morgan fingerprint density at radius 3 is 2.83 bits per heavy atom. The number of carbonyl (C=O) groups excluding carboxylic acids is 1. The maximum atomic E-state index is 13.6. The highest BCUT2D eigenvalue weighted by Gasteiger charge is 2.13. The summed E-state index contributed by atoms with van der Waals surface area (Å²) in [6, 6.07) is 9.17. The second kappa shape index (κ2) is 6.45. The highest BCUT2D eigenvalue weighted by molar-refractivity contribution is 5.90. The van der Waals surface area contributed by atoms with Gasteiger partial charge in [0.1, 0.15) is 11.6 Å². The van der Waals surface area contributed by atoms with Crippen LogP contribution in [0.3, 0.4) is 0 Å². The van der Waals surface area contributed by atoms with Crippen molar-refractivity contribution < 1.29 is 18.3 Å². The zero-order valence-electron chi connectivity index (χ0n) is 11.9. The topological polar surface area (TPSA) is 53.6 Å². The van der Waals surface area contributed by atoms with Gasteiger partial charge in [-0.1, -0.05) is 12.1 Å². The number of hydrazine groups is 1. The lowest BCUT2D eigenvalue weighted by molar-refractivity contribution is 0.218. The van der Waals surface area contributed by atoms with E-state index < -0.39 is 11.6 Å². The number of anilines is 1. The SMILES string of the molecule is O=C(Nc1cccc(Oc2ccc(F)cc2F)c1)N1C=CCN1. The predicted molar refractivity (Wildman–Crippen MR) is 80.9 cm³/mol. The molecule has 0 atom stereocenters. The zero-order chi connectivity index (χ0) is 16.2. The fourth-order valence-electron chi connectivity index (χ4n) is 2.01. The molecule has 2 aromatic carbocycles. The van der Waals surface area contributed by atoms with Gasteiger partial charge in [0.2, 0.25) is 0 Å². The summed E-state index contributed by atoms with van der Waals surface area (Å²) in [5, 5.41) is 3.99. The second-order valence-corrected chi connectivity index (χ2v) is 4.75. The molecule has 3 rings (SSSR count). The van der Waals surface area contributed by atoms with Crippen molar-refractivity contribution >= 4 is 11.7 Å². The van der Waals surface area contributed by atoms with Gasteiger partial charge in [-0.3, -0.25) is 0 Å². The molecule has 1 heterocycles. The monoisotopic (exact) mass is 317 g/mol. The number of rotatable bonds is 3. The number of hydrogen-bond acceptors (Lipinski definition) is 3. The standard InChI is InChI=1S/C16H13F2N3O2/c17-11-5-6-15(14(18)9-11)23-13-4-1-3-12(10-13)20-16(22)21-8-2-7-19-21/h1-6,8-10,19H,7H2,(H,20,22). The molecule has 0 aromatic heterocycles. The molecule has 0 saturated carbocycles. The summed E-state index contributed by atoms with van der Waals surface area (Å²) in [5.41, 5.74) is 3.32. The molecule has 1 aliphatic rings. The Kier molecular flexibility index (Phi) is 4.20. The van der Waals surface area contributed by atoms with Crippen LogP contribution in [0, 0.1) is 11.6 Å². The first-order valence-electron chi connectivity index (χ1n) is 6.85. The third-order valence-corrected chi connectivity index (χ3v) is 3.06. The number of carbonyl (C=O) groups is 1. The van der Waals surface area contributed by atoms with Crippen molar-refractivity contribution in [1.82, 2.24) is 10.4 Å². The molecule has 23 heavy (non-hydrogen) atoms. The van der Waals surface area contributed by atoms with Crippen LogP contribution in [0.1, 0.15) is 0 Å². The van der Waals surface area contributed by atoms with Gasteiger partial charge >= 0.3 is 6.03 Å². The number of halogens is 2. The zero-order valence-corrected chi connectivity index (χ0v) is 11.9. The molecule has 2 amide bonds. The van der Waals surface area contributed by atoms with E-state index in [0.29, 0.717) is 18.0 Å². The Bertz CT molecular complexity index is 765. The van der Waals surface area contributed by atoms with Gasteiger partial charge in [-0.2, -0.15) is 0 Å². The highest BCUT2D eigenvalue weighted by Crippen LogP contribution is 2.27. The minimum Gasteiger partial charge on any atom is -0.454 e. The quantitative estimate of drug-likeness (QED) is 0.909. The molecular weight excluding hydrogens is 304 g/mol.